The molecule has 2 aromatic heterocycles. The van der Waals surface area contributed by atoms with Crippen LogP contribution in [0.1, 0.15) is 25.5 Å². The maximum absolute atomic E-state index is 12.7. The topological polar surface area (TPSA) is 69.9 Å². The highest BCUT2D eigenvalue weighted by atomic mass is 79.9. The number of hydrogen-bond acceptors (Lipinski definition) is 5. The number of halogens is 1. The number of nitrogens with zero attached hydrogens (tertiary/aromatic N) is 2. The third-order valence-electron chi connectivity index (χ3n) is 3.98. The van der Waals surface area contributed by atoms with E-state index < -0.39 is 17.9 Å². The number of pyridine rings is 1. The lowest BCUT2D eigenvalue weighted by Gasteiger charge is -2.16. The molecule has 0 fully saturated rings. The second-order valence-corrected chi connectivity index (χ2v) is 6.64. The number of benzene rings is 1. The largest absolute Gasteiger partial charge is 0.465 e. The lowest BCUT2D eigenvalue weighted by Crippen LogP contribution is -2.27. The van der Waals surface area contributed by atoms with Gasteiger partial charge >= 0.3 is 11.9 Å². The van der Waals surface area contributed by atoms with Crippen LogP contribution in [0, 0.1) is 0 Å². The molecule has 0 spiro atoms. The molecule has 0 N–H and O–H groups in total. The first-order valence-electron chi connectivity index (χ1n) is 8.63. The maximum atomic E-state index is 12.7. The minimum absolute atomic E-state index is 0.164. The van der Waals surface area contributed by atoms with E-state index in [1.165, 1.54) is 0 Å². The Labute approximate surface area is 165 Å². The van der Waals surface area contributed by atoms with Crippen molar-refractivity contribution in [2.75, 3.05) is 13.2 Å². The van der Waals surface area contributed by atoms with Crippen molar-refractivity contribution in [3.63, 3.8) is 0 Å². The van der Waals surface area contributed by atoms with Crippen LogP contribution < -0.4 is 0 Å². The molecule has 0 bridgehead atoms. The van der Waals surface area contributed by atoms with E-state index in [0.717, 1.165) is 10.0 Å². The molecular weight excluding hydrogens is 412 g/mol. The predicted molar refractivity (Wildman–Crippen MR) is 104 cm³/mol. The second kappa shape index (κ2) is 8.35. The van der Waals surface area contributed by atoms with Gasteiger partial charge in [-0.05, 0) is 38.1 Å². The van der Waals surface area contributed by atoms with Crippen molar-refractivity contribution >= 4 is 33.5 Å². The molecule has 0 unspecified atom stereocenters. The zero-order valence-electron chi connectivity index (χ0n) is 15.0. The van der Waals surface area contributed by atoms with Crippen molar-refractivity contribution in [1.29, 1.82) is 0 Å². The van der Waals surface area contributed by atoms with Gasteiger partial charge in [-0.2, -0.15) is 0 Å². The van der Waals surface area contributed by atoms with Gasteiger partial charge in [0, 0.05) is 16.2 Å². The molecule has 3 aromatic rings. The number of hydrogen-bond donors (Lipinski definition) is 0. The minimum Gasteiger partial charge on any atom is -0.465 e. The number of fused-ring (bicyclic) bond motifs is 1. The first kappa shape index (κ1) is 19.1. The maximum Gasteiger partial charge on any atom is 0.326 e. The monoisotopic (exact) mass is 430 g/mol. The Morgan fingerprint density at radius 1 is 1.07 bits per heavy atom. The first-order valence-corrected chi connectivity index (χ1v) is 9.42. The minimum atomic E-state index is -1.23. The summed E-state index contributed by atoms with van der Waals surface area (Å²) in [6, 6.07) is 13.0. The molecule has 0 radical (unpaired) electrons. The van der Waals surface area contributed by atoms with Crippen LogP contribution in [0.3, 0.4) is 0 Å². The van der Waals surface area contributed by atoms with E-state index in [4.69, 9.17) is 9.47 Å². The summed E-state index contributed by atoms with van der Waals surface area (Å²) in [4.78, 5) is 30.0. The smallest absolute Gasteiger partial charge is 0.326 e. The van der Waals surface area contributed by atoms with Gasteiger partial charge in [-0.25, -0.2) is 4.98 Å². The molecule has 0 aliphatic rings. The molecule has 7 heteroatoms. The normalized spacial score (nSPS) is 11.0. The number of ether oxygens (including phenoxy) is 2. The van der Waals surface area contributed by atoms with Gasteiger partial charge in [-0.15, -0.1) is 0 Å². The molecule has 6 nitrogen and oxygen atoms in total. The van der Waals surface area contributed by atoms with E-state index in [1.807, 2.05) is 42.5 Å². The highest BCUT2D eigenvalue weighted by molar-refractivity contribution is 9.10. The Morgan fingerprint density at radius 3 is 2.41 bits per heavy atom. The zero-order chi connectivity index (χ0) is 19.4. The van der Waals surface area contributed by atoms with E-state index in [9.17, 15) is 9.59 Å². The third-order valence-corrected chi connectivity index (χ3v) is 4.48. The lowest BCUT2D eigenvalue weighted by molar-refractivity contribution is -0.157. The highest BCUT2D eigenvalue weighted by Crippen LogP contribution is 2.33. The standard InChI is InChI=1S/C20H19BrN2O4/c1-3-26-19(24)16(20(25)27-4-2)18-17(13-8-7-9-14(21)12-13)22-15-10-5-6-11-23(15)18/h5-12,16H,3-4H2,1-2H3. The van der Waals surface area contributed by atoms with Crippen LogP contribution in [-0.2, 0) is 19.1 Å². The zero-order valence-corrected chi connectivity index (χ0v) is 16.6. The molecule has 140 valence electrons. The van der Waals surface area contributed by atoms with E-state index in [-0.39, 0.29) is 13.2 Å². The molecule has 0 aliphatic heterocycles. The van der Waals surface area contributed by atoms with E-state index >= 15 is 0 Å². The lowest BCUT2D eigenvalue weighted by atomic mass is 9.99. The third kappa shape index (κ3) is 3.88. The molecule has 0 saturated carbocycles. The van der Waals surface area contributed by atoms with Crippen molar-refractivity contribution in [2.45, 2.75) is 19.8 Å². The molecule has 2 heterocycles. The Hall–Kier alpha value is -2.67. The van der Waals surface area contributed by atoms with E-state index in [2.05, 4.69) is 20.9 Å². The molecule has 0 atom stereocenters. The second-order valence-electron chi connectivity index (χ2n) is 5.72. The van der Waals surface area contributed by atoms with Gasteiger partial charge in [-0.1, -0.05) is 34.1 Å². The van der Waals surface area contributed by atoms with Crippen LogP contribution in [0.25, 0.3) is 16.9 Å². The number of carbonyl (C=O) groups excluding carboxylic acids is 2. The van der Waals surface area contributed by atoms with Crippen molar-refractivity contribution < 1.29 is 19.1 Å². The summed E-state index contributed by atoms with van der Waals surface area (Å²) in [5.41, 5.74) is 2.37. The quantitative estimate of drug-likeness (QED) is 0.436. The van der Waals surface area contributed by atoms with Crippen LogP contribution in [0.2, 0.25) is 0 Å². The molecule has 0 saturated heterocycles. The number of aromatic nitrogens is 2. The summed E-state index contributed by atoms with van der Waals surface area (Å²) in [5, 5.41) is 0. The van der Waals surface area contributed by atoms with Gasteiger partial charge in [0.25, 0.3) is 0 Å². The number of esters is 2. The van der Waals surface area contributed by atoms with Gasteiger partial charge in [0.05, 0.1) is 24.6 Å². The summed E-state index contributed by atoms with van der Waals surface area (Å²) in [5.74, 6) is -2.54. The first-order chi connectivity index (χ1) is 13.1. The number of imidazole rings is 1. The Morgan fingerprint density at radius 2 is 1.78 bits per heavy atom. The molecule has 0 amide bonds. The van der Waals surface area contributed by atoms with Crippen LogP contribution in [0.5, 0.6) is 0 Å². The van der Waals surface area contributed by atoms with Crippen LogP contribution in [0.15, 0.2) is 53.1 Å². The van der Waals surface area contributed by atoms with E-state index in [0.29, 0.717) is 17.0 Å². The predicted octanol–water partition coefficient (Wildman–Crippen LogP) is 3.97. The summed E-state index contributed by atoms with van der Waals surface area (Å²) < 4.78 is 12.9. The summed E-state index contributed by atoms with van der Waals surface area (Å²) in [6.07, 6.45) is 1.77. The SMILES string of the molecule is CCOC(=O)C(C(=O)OCC)c1c(-c2cccc(Br)c2)nc2ccccn12. The summed E-state index contributed by atoms with van der Waals surface area (Å²) >= 11 is 3.45. The fourth-order valence-electron chi connectivity index (χ4n) is 2.91. The van der Waals surface area contributed by atoms with Gasteiger partial charge in [0.15, 0.2) is 5.92 Å². The van der Waals surface area contributed by atoms with Crippen molar-refractivity contribution in [3.8, 4) is 11.3 Å². The fraction of sp³-hybridized carbons (Fsp3) is 0.250. The van der Waals surface area contributed by atoms with Gasteiger partial charge in [0.2, 0.25) is 0 Å². The molecule has 0 aliphatic carbocycles. The average molecular weight is 431 g/mol. The van der Waals surface area contributed by atoms with Crippen molar-refractivity contribution in [3.05, 3.63) is 58.8 Å². The van der Waals surface area contributed by atoms with Gasteiger partial charge in [0.1, 0.15) is 5.65 Å². The molecule has 3 rings (SSSR count). The van der Waals surface area contributed by atoms with Gasteiger partial charge in [-0.3, -0.25) is 9.59 Å². The van der Waals surface area contributed by atoms with Crippen molar-refractivity contribution in [2.24, 2.45) is 0 Å². The molecular formula is C20H19BrN2O4. The average Bonchev–Trinajstić information content (AvgIpc) is 3.02. The number of rotatable bonds is 6. The summed E-state index contributed by atoms with van der Waals surface area (Å²) in [7, 11) is 0. The Bertz CT molecular complexity index is 965. The highest BCUT2D eigenvalue weighted by Gasteiger charge is 2.37. The van der Waals surface area contributed by atoms with Gasteiger partial charge < -0.3 is 13.9 Å². The Balaban J connectivity index is 2.27. The van der Waals surface area contributed by atoms with E-state index in [1.54, 1.807) is 24.4 Å². The summed E-state index contributed by atoms with van der Waals surface area (Å²) in [6.45, 7) is 3.73. The molecule has 27 heavy (non-hydrogen) atoms. The van der Waals surface area contributed by atoms with Crippen LogP contribution >= 0.6 is 15.9 Å². The van der Waals surface area contributed by atoms with Crippen LogP contribution in [-0.4, -0.2) is 34.5 Å². The fourth-order valence-corrected chi connectivity index (χ4v) is 3.31. The van der Waals surface area contributed by atoms with Crippen molar-refractivity contribution in [1.82, 2.24) is 9.38 Å². The molecule has 1 aromatic carbocycles. The Kier molecular flexibility index (Phi) is 5.91. The number of carbonyl (C=O) groups is 2. The van der Waals surface area contributed by atoms with Crippen LogP contribution in [0.4, 0.5) is 0 Å².